The molecule has 1 aliphatic heterocycles. The summed E-state index contributed by atoms with van der Waals surface area (Å²) in [7, 11) is 1.74. The molecule has 0 bridgehead atoms. The Balaban J connectivity index is 2.43. The molecule has 20 heavy (non-hydrogen) atoms. The molecule has 2 N–H and O–H groups in total. The smallest absolute Gasteiger partial charge is 0.389 e. The van der Waals surface area contributed by atoms with Gasteiger partial charge >= 0.3 is 6.18 Å². The largest absolute Gasteiger partial charge is 0.433 e. The fourth-order valence-electron chi connectivity index (χ4n) is 2.07. The average Bonchev–Trinajstić information content (AvgIpc) is 2.89. The second kappa shape index (κ2) is 5.77. The van der Waals surface area contributed by atoms with Gasteiger partial charge < -0.3 is 10.6 Å². The first-order valence-electron chi connectivity index (χ1n) is 5.99. The number of hydrogen-bond donors (Lipinski definition) is 1. The van der Waals surface area contributed by atoms with Crippen LogP contribution in [0.15, 0.2) is 12.1 Å². The van der Waals surface area contributed by atoms with E-state index in [1.54, 1.807) is 23.7 Å². The maximum atomic E-state index is 12.8. The molecule has 0 radical (unpaired) electrons. The van der Waals surface area contributed by atoms with Crippen LogP contribution >= 0.6 is 24.0 Å². The molecule has 1 aromatic rings. The number of hydrogen-bond acceptors (Lipinski definition) is 4. The van der Waals surface area contributed by atoms with E-state index in [4.69, 9.17) is 18.0 Å². The molecule has 110 valence electrons. The predicted octanol–water partition coefficient (Wildman–Crippen LogP) is 2.68. The second-order valence-electron chi connectivity index (χ2n) is 4.56. The van der Waals surface area contributed by atoms with Crippen LogP contribution in [0.5, 0.6) is 0 Å². The van der Waals surface area contributed by atoms with Gasteiger partial charge in [-0.15, -0.1) is 0 Å². The van der Waals surface area contributed by atoms with Crippen molar-refractivity contribution in [2.75, 3.05) is 23.5 Å². The monoisotopic (exact) mass is 321 g/mol. The van der Waals surface area contributed by atoms with Gasteiger partial charge in [0.15, 0.2) is 0 Å². The highest BCUT2D eigenvalue weighted by Crippen LogP contribution is 2.32. The topological polar surface area (TPSA) is 42.2 Å². The maximum Gasteiger partial charge on any atom is 0.433 e. The third-order valence-electron chi connectivity index (χ3n) is 3.22. The molecule has 0 aliphatic carbocycles. The Bertz CT molecular complexity index is 513. The van der Waals surface area contributed by atoms with Gasteiger partial charge in [-0.05, 0) is 24.3 Å². The van der Waals surface area contributed by atoms with Crippen LogP contribution in [-0.4, -0.2) is 34.6 Å². The Morgan fingerprint density at radius 3 is 2.70 bits per heavy atom. The van der Waals surface area contributed by atoms with E-state index < -0.39 is 11.9 Å². The van der Waals surface area contributed by atoms with E-state index in [2.05, 4.69) is 4.98 Å². The van der Waals surface area contributed by atoms with Crippen molar-refractivity contribution in [2.45, 2.75) is 18.6 Å². The summed E-state index contributed by atoms with van der Waals surface area (Å²) in [5.74, 6) is 2.07. The summed E-state index contributed by atoms with van der Waals surface area (Å²) in [5.41, 5.74) is 5.04. The van der Waals surface area contributed by atoms with Crippen molar-refractivity contribution in [2.24, 2.45) is 5.73 Å². The molecule has 0 spiro atoms. The Labute approximate surface area is 124 Å². The number of pyridine rings is 1. The number of thioether (sulfide) groups is 1. The molecule has 1 saturated heterocycles. The Morgan fingerprint density at radius 2 is 2.20 bits per heavy atom. The number of nitrogens with zero attached hydrogens (tertiary/aromatic N) is 2. The van der Waals surface area contributed by atoms with Gasteiger partial charge in [-0.1, -0.05) is 12.2 Å². The van der Waals surface area contributed by atoms with Crippen molar-refractivity contribution < 1.29 is 13.2 Å². The lowest BCUT2D eigenvalue weighted by Gasteiger charge is -2.27. The summed E-state index contributed by atoms with van der Waals surface area (Å²) < 4.78 is 38.4. The molecule has 1 aliphatic rings. The number of aromatic nitrogens is 1. The summed E-state index contributed by atoms with van der Waals surface area (Å²) in [6.45, 7) is 0. The normalized spacial score (nSPS) is 19.1. The van der Waals surface area contributed by atoms with E-state index in [0.717, 1.165) is 24.0 Å². The Kier molecular flexibility index (Phi) is 4.43. The van der Waals surface area contributed by atoms with E-state index in [1.807, 2.05) is 0 Å². The van der Waals surface area contributed by atoms with Crippen LogP contribution in [0.3, 0.4) is 0 Å². The van der Waals surface area contributed by atoms with Crippen molar-refractivity contribution in [3.05, 3.63) is 23.4 Å². The average molecular weight is 321 g/mol. The molecule has 1 aromatic heterocycles. The van der Waals surface area contributed by atoms with Crippen LogP contribution in [-0.2, 0) is 6.18 Å². The number of anilines is 1. The van der Waals surface area contributed by atoms with Gasteiger partial charge in [0.25, 0.3) is 0 Å². The van der Waals surface area contributed by atoms with Crippen molar-refractivity contribution in [1.29, 1.82) is 0 Å². The van der Waals surface area contributed by atoms with Crippen molar-refractivity contribution in [1.82, 2.24) is 4.98 Å². The summed E-state index contributed by atoms with van der Waals surface area (Å²) in [6.07, 6.45) is -3.56. The van der Waals surface area contributed by atoms with Gasteiger partial charge in [-0.3, -0.25) is 0 Å². The van der Waals surface area contributed by atoms with Gasteiger partial charge in [0.05, 0.1) is 5.56 Å². The Hall–Kier alpha value is -1.02. The van der Waals surface area contributed by atoms with E-state index >= 15 is 0 Å². The summed E-state index contributed by atoms with van der Waals surface area (Å²) in [6, 6.07) is 2.37. The number of alkyl halides is 3. The molecule has 8 heteroatoms. The van der Waals surface area contributed by atoms with Gasteiger partial charge in [0.1, 0.15) is 16.5 Å². The van der Waals surface area contributed by atoms with Crippen LogP contribution in [0, 0.1) is 0 Å². The maximum absolute atomic E-state index is 12.8. The number of rotatable bonds is 3. The standard InChI is InChI=1S/C12H14F3N3S2/c1-18(7-4-5-20-6-7)11-8(10(16)19)2-3-9(17-11)12(13,14)15/h2-3,7H,4-6H2,1H3,(H2,16,19). The molecule has 0 amide bonds. The Morgan fingerprint density at radius 1 is 1.50 bits per heavy atom. The SMILES string of the molecule is CN(c1nc(C(F)(F)F)ccc1C(N)=S)C1CCSC1. The highest BCUT2D eigenvalue weighted by atomic mass is 32.2. The van der Waals surface area contributed by atoms with Crippen molar-refractivity contribution in [3.8, 4) is 0 Å². The molecular weight excluding hydrogens is 307 g/mol. The van der Waals surface area contributed by atoms with Gasteiger partial charge in [-0.2, -0.15) is 24.9 Å². The third kappa shape index (κ3) is 3.17. The van der Waals surface area contributed by atoms with Crippen LogP contribution in [0.4, 0.5) is 19.0 Å². The zero-order chi connectivity index (χ0) is 14.9. The van der Waals surface area contributed by atoms with E-state index in [9.17, 15) is 13.2 Å². The number of thiocarbonyl (C=S) groups is 1. The molecule has 1 fully saturated rings. The summed E-state index contributed by atoms with van der Waals surface area (Å²) >= 11 is 6.68. The van der Waals surface area contributed by atoms with Gasteiger partial charge in [0.2, 0.25) is 0 Å². The van der Waals surface area contributed by atoms with Crippen molar-refractivity contribution >= 4 is 34.8 Å². The fraction of sp³-hybridized carbons (Fsp3) is 0.500. The first-order valence-corrected chi connectivity index (χ1v) is 7.55. The van der Waals surface area contributed by atoms with E-state index in [1.165, 1.54) is 6.07 Å². The number of nitrogens with two attached hydrogens (primary N) is 1. The van der Waals surface area contributed by atoms with E-state index in [0.29, 0.717) is 5.56 Å². The summed E-state index contributed by atoms with van der Waals surface area (Å²) in [5, 5.41) is 0. The molecular formula is C12H14F3N3S2. The van der Waals surface area contributed by atoms with Gasteiger partial charge in [0, 0.05) is 18.8 Å². The van der Waals surface area contributed by atoms with Crippen LogP contribution < -0.4 is 10.6 Å². The zero-order valence-corrected chi connectivity index (χ0v) is 12.4. The van der Waals surface area contributed by atoms with Gasteiger partial charge in [-0.25, -0.2) is 4.98 Å². The lowest BCUT2D eigenvalue weighted by molar-refractivity contribution is -0.141. The summed E-state index contributed by atoms with van der Waals surface area (Å²) in [4.78, 5) is 5.54. The highest BCUT2D eigenvalue weighted by Gasteiger charge is 2.34. The van der Waals surface area contributed by atoms with E-state index in [-0.39, 0.29) is 16.8 Å². The minimum atomic E-state index is -4.48. The third-order valence-corrected chi connectivity index (χ3v) is 4.58. The molecule has 2 heterocycles. The number of halogens is 3. The molecule has 0 saturated carbocycles. The molecule has 2 rings (SSSR count). The minimum absolute atomic E-state index is 0.0544. The predicted molar refractivity (Wildman–Crippen MR) is 79.3 cm³/mol. The molecule has 3 nitrogen and oxygen atoms in total. The van der Waals surface area contributed by atoms with Crippen LogP contribution in [0.2, 0.25) is 0 Å². The first-order chi connectivity index (χ1) is 9.30. The van der Waals surface area contributed by atoms with Crippen LogP contribution in [0.1, 0.15) is 17.7 Å². The molecule has 1 atom stereocenters. The lowest BCUT2D eigenvalue weighted by Crippen LogP contribution is -2.34. The van der Waals surface area contributed by atoms with Crippen LogP contribution in [0.25, 0.3) is 0 Å². The van der Waals surface area contributed by atoms with Crippen molar-refractivity contribution in [3.63, 3.8) is 0 Å². The fourth-order valence-corrected chi connectivity index (χ4v) is 3.50. The first kappa shape index (κ1) is 15.4. The molecule has 0 aromatic carbocycles. The minimum Gasteiger partial charge on any atom is -0.389 e. The molecule has 1 unspecified atom stereocenters. The highest BCUT2D eigenvalue weighted by molar-refractivity contribution is 7.99. The quantitative estimate of drug-likeness (QED) is 0.867. The zero-order valence-electron chi connectivity index (χ0n) is 10.8. The second-order valence-corrected chi connectivity index (χ2v) is 6.15. The lowest BCUT2D eigenvalue weighted by atomic mass is 10.1.